The second kappa shape index (κ2) is 5.33. The van der Waals surface area contributed by atoms with E-state index in [1.54, 1.807) is 12.1 Å². The topological polar surface area (TPSA) is 54.9 Å². The summed E-state index contributed by atoms with van der Waals surface area (Å²) in [6.07, 6.45) is 4.41. The van der Waals surface area contributed by atoms with Crippen LogP contribution < -0.4 is 5.32 Å². The van der Waals surface area contributed by atoms with Gasteiger partial charge in [-0.2, -0.15) is 0 Å². The Morgan fingerprint density at radius 1 is 1.33 bits per heavy atom. The van der Waals surface area contributed by atoms with Crippen molar-refractivity contribution in [1.82, 2.24) is 9.97 Å². The molecule has 18 heavy (non-hydrogen) atoms. The van der Waals surface area contributed by atoms with Gasteiger partial charge >= 0.3 is 0 Å². The Morgan fingerprint density at radius 3 is 2.78 bits per heavy atom. The van der Waals surface area contributed by atoms with Gasteiger partial charge in [-0.25, -0.2) is 4.98 Å². The monoisotopic (exact) mass is 281 g/mol. The molecule has 0 aliphatic rings. The fourth-order valence-electron chi connectivity index (χ4n) is 1.38. The summed E-state index contributed by atoms with van der Waals surface area (Å²) in [7, 11) is 0. The van der Waals surface area contributed by atoms with Crippen LogP contribution in [-0.4, -0.2) is 15.9 Å². The smallest absolute Gasteiger partial charge is 0.257 e. The number of carbonyl (C=O) groups excluding carboxylic acids is 1. The quantitative estimate of drug-likeness (QED) is 0.859. The number of anilines is 1. The molecule has 2 aromatic rings. The van der Waals surface area contributed by atoms with E-state index < -0.39 is 0 Å². The fraction of sp³-hybridized carbons (Fsp3) is 0.0833. The molecule has 0 unspecified atom stereocenters. The number of rotatable bonds is 2. The Kier molecular flexibility index (Phi) is 3.79. The van der Waals surface area contributed by atoms with E-state index in [9.17, 15) is 4.79 Å². The van der Waals surface area contributed by atoms with Gasteiger partial charge < -0.3 is 5.32 Å². The van der Waals surface area contributed by atoms with Gasteiger partial charge in [0, 0.05) is 12.4 Å². The molecule has 2 heterocycles. The van der Waals surface area contributed by atoms with E-state index in [0.29, 0.717) is 21.4 Å². The first kappa shape index (κ1) is 12.8. The van der Waals surface area contributed by atoms with Crippen molar-refractivity contribution in [2.75, 3.05) is 5.32 Å². The molecule has 6 heteroatoms. The van der Waals surface area contributed by atoms with Crippen molar-refractivity contribution in [3.63, 3.8) is 0 Å². The molecule has 2 aromatic heterocycles. The van der Waals surface area contributed by atoms with Gasteiger partial charge in [-0.1, -0.05) is 23.2 Å². The highest BCUT2D eigenvalue weighted by atomic mass is 35.5. The zero-order chi connectivity index (χ0) is 13.1. The summed E-state index contributed by atoms with van der Waals surface area (Å²) in [6, 6.07) is 3.29. The molecule has 92 valence electrons. The minimum atomic E-state index is -0.314. The summed E-state index contributed by atoms with van der Waals surface area (Å²) < 4.78 is 0. The zero-order valence-corrected chi connectivity index (χ0v) is 11.0. The highest BCUT2D eigenvalue weighted by Crippen LogP contribution is 2.18. The standard InChI is InChI=1S/C12H9Cl2N3O/c1-7-4-8(5-16-11(7)14)17-12(18)9-2-3-15-6-10(9)13/h2-6H,1H3,(H,17,18). The molecule has 0 atom stereocenters. The zero-order valence-electron chi connectivity index (χ0n) is 9.45. The Balaban J connectivity index is 2.22. The molecule has 1 amide bonds. The third-order valence-corrected chi connectivity index (χ3v) is 2.99. The lowest BCUT2D eigenvalue weighted by Crippen LogP contribution is -2.12. The van der Waals surface area contributed by atoms with Crippen LogP contribution in [0.2, 0.25) is 10.2 Å². The molecule has 0 aliphatic heterocycles. The van der Waals surface area contributed by atoms with E-state index in [1.807, 2.05) is 6.92 Å². The van der Waals surface area contributed by atoms with E-state index in [-0.39, 0.29) is 5.91 Å². The molecule has 4 nitrogen and oxygen atoms in total. The fourth-order valence-corrected chi connectivity index (χ4v) is 1.69. The van der Waals surface area contributed by atoms with Crippen LogP contribution in [0.5, 0.6) is 0 Å². The Bertz CT molecular complexity index is 602. The molecule has 1 N–H and O–H groups in total. The Labute approximate surface area is 114 Å². The van der Waals surface area contributed by atoms with E-state index >= 15 is 0 Å². The minimum absolute atomic E-state index is 0.300. The molecular formula is C12H9Cl2N3O. The van der Waals surface area contributed by atoms with Crippen molar-refractivity contribution in [2.24, 2.45) is 0 Å². The van der Waals surface area contributed by atoms with E-state index in [0.717, 1.165) is 5.56 Å². The van der Waals surface area contributed by atoms with Crippen molar-refractivity contribution in [3.8, 4) is 0 Å². The van der Waals surface area contributed by atoms with Crippen LogP contribution in [0, 0.1) is 6.92 Å². The predicted molar refractivity (Wildman–Crippen MR) is 71.2 cm³/mol. The van der Waals surface area contributed by atoms with Gasteiger partial charge in [0.05, 0.1) is 22.5 Å². The summed E-state index contributed by atoms with van der Waals surface area (Å²) in [6.45, 7) is 1.81. The third-order valence-electron chi connectivity index (χ3n) is 2.29. The van der Waals surface area contributed by atoms with Gasteiger partial charge in [-0.05, 0) is 24.6 Å². The van der Waals surface area contributed by atoms with Gasteiger partial charge in [0.1, 0.15) is 5.15 Å². The molecule has 0 bridgehead atoms. The highest BCUT2D eigenvalue weighted by molar-refractivity contribution is 6.34. The van der Waals surface area contributed by atoms with Gasteiger partial charge in [0.15, 0.2) is 0 Å². The number of amides is 1. The number of halogens is 2. The average Bonchev–Trinajstić information content (AvgIpc) is 2.34. The molecular weight excluding hydrogens is 273 g/mol. The van der Waals surface area contributed by atoms with Crippen molar-refractivity contribution in [2.45, 2.75) is 6.92 Å². The number of aromatic nitrogens is 2. The molecule has 0 aromatic carbocycles. The molecule has 0 aliphatic carbocycles. The molecule has 0 radical (unpaired) electrons. The second-order valence-corrected chi connectivity index (χ2v) is 4.41. The molecule has 0 spiro atoms. The summed E-state index contributed by atoms with van der Waals surface area (Å²) in [5.41, 5.74) is 1.71. The van der Waals surface area contributed by atoms with Crippen LogP contribution >= 0.6 is 23.2 Å². The number of carbonyl (C=O) groups is 1. The Hall–Kier alpha value is -1.65. The van der Waals surface area contributed by atoms with Crippen molar-refractivity contribution in [1.29, 1.82) is 0 Å². The van der Waals surface area contributed by atoms with Crippen LogP contribution in [0.25, 0.3) is 0 Å². The van der Waals surface area contributed by atoms with Crippen LogP contribution in [-0.2, 0) is 0 Å². The normalized spacial score (nSPS) is 10.2. The first-order valence-electron chi connectivity index (χ1n) is 5.11. The highest BCUT2D eigenvalue weighted by Gasteiger charge is 2.10. The van der Waals surface area contributed by atoms with E-state index in [4.69, 9.17) is 23.2 Å². The van der Waals surface area contributed by atoms with Crippen molar-refractivity contribution in [3.05, 3.63) is 52.0 Å². The second-order valence-electron chi connectivity index (χ2n) is 3.64. The number of pyridine rings is 2. The Morgan fingerprint density at radius 2 is 2.11 bits per heavy atom. The maximum atomic E-state index is 11.9. The minimum Gasteiger partial charge on any atom is -0.321 e. The first-order valence-corrected chi connectivity index (χ1v) is 5.86. The molecule has 0 saturated carbocycles. The number of nitrogens with zero attached hydrogens (tertiary/aromatic N) is 2. The first-order chi connectivity index (χ1) is 8.58. The van der Waals surface area contributed by atoms with E-state index in [1.165, 1.54) is 18.6 Å². The van der Waals surface area contributed by atoms with Gasteiger partial charge in [0.25, 0.3) is 5.91 Å². The summed E-state index contributed by atoms with van der Waals surface area (Å²) >= 11 is 11.7. The summed E-state index contributed by atoms with van der Waals surface area (Å²) in [4.78, 5) is 19.7. The van der Waals surface area contributed by atoms with Crippen molar-refractivity contribution >= 4 is 34.8 Å². The molecule has 0 fully saturated rings. The molecule has 0 saturated heterocycles. The summed E-state index contributed by atoms with van der Waals surface area (Å²) in [5, 5.41) is 3.41. The van der Waals surface area contributed by atoms with Crippen LogP contribution in [0.1, 0.15) is 15.9 Å². The lowest BCUT2D eigenvalue weighted by Gasteiger charge is -2.07. The maximum Gasteiger partial charge on any atom is 0.257 e. The number of hydrogen-bond acceptors (Lipinski definition) is 3. The van der Waals surface area contributed by atoms with Crippen LogP contribution in [0.3, 0.4) is 0 Å². The van der Waals surface area contributed by atoms with Gasteiger partial charge in [0.2, 0.25) is 0 Å². The lowest BCUT2D eigenvalue weighted by atomic mass is 10.2. The average molecular weight is 282 g/mol. The SMILES string of the molecule is Cc1cc(NC(=O)c2ccncc2Cl)cnc1Cl. The maximum absolute atomic E-state index is 11.9. The van der Waals surface area contributed by atoms with Gasteiger partial charge in [-0.15, -0.1) is 0 Å². The molecule has 2 rings (SSSR count). The number of nitrogens with one attached hydrogen (secondary N) is 1. The van der Waals surface area contributed by atoms with Crippen molar-refractivity contribution < 1.29 is 4.79 Å². The van der Waals surface area contributed by atoms with Crippen LogP contribution in [0.15, 0.2) is 30.7 Å². The third kappa shape index (κ3) is 2.78. The van der Waals surface area contributed by atoms with Crippen LogP contribution in [0.4, 0.5) is 5.69 Å². The number of hydrogen-bond donors (Lipinski definition) is 1. The largest absolute Gasteiger partial charge is 0.321 e. The summed E-state index contributed by atoms with van der Waals surface area (Å²) in [5.74, 6) is -0.314. The predicted octanol–water partition coefficient (Wildman–Crippen LogP) is 3.34. The number of aryl methyl sites for hydroxylation is 1. The lowest BCUT2D eigenvalue weighted by molar-refractivity contribution is 0.102. The van der Waals surface area contributed by atoms with Gasteiger partial charge in [-0.3, -0.25) is 9.78 Å². The van der Waals surface area contributed by atoms with E-state index in [2.05, 4.69) is 15.3 Å².